The topological polar surface area (TPSA) is 88.2 Å². The molecule has 202 valence electrons. The van der Waals surface area contributed by atoms with Gasteiger partial charge in [0.15, 0.2) is 12.1 Å². The quantitative estimate of drug-likeness (QED) is 0.455. The molecule has 0 saturated carbocycles. The summed E-state index contributed by atoms with van der Waals surface area (Å²) in [5.41, 5.74) is 2.24. The smallest absolute Gasteiger partial charge is 0.411 e. The van der Waals surface area contributed by atoms with E-state index in [1.54, 1.807) is 72.7 Å². The van der Waals surface area contributed by atoms with E-state index in [9.17, 15) is 18.8 Å². The summed E-state index contributed by atoms with van der Waals surface area (Å²) >= 11 is 0. The summed E-state index contributed by atoms with van der Waals surface area (Å²) in [6, 6.07) is 18.7. The Hall–Kier alpha value is -4.40. The largest absolute Gasteiger partial charge is 0.497 e. The first-order valence-corrected chi connectivity index (χ1v) is 13.0. The van der Waals surface area contributed by atoms with E-state index in [-0.39, 0.29) is 24.2 Å². The molecule has 2 aliphatic heterocycles. The average molecular weight is 532 g/mol. The molecule has 1 N–H and O–H groups in total. The predicted molar refractivity (Wildman–Crippen MR) is 143 cm³/mol. The first-order chi connectivity index (χ1) is 18.9. The number of amides is 3. The van der Waals surface area contributed by atoms with Crippen LogP contribution in [0.3, 0.4) is 0 Å². The Kier molecular flexibility index (Phi) is 7.76. The third-order valence-electron chi connectivity index (χ3n) is 7.10. The number of halogens is 1. The maximum absolute atomic E-state index is 13.8. The molecule has 9 heteroatoms. The third-order valence-corrected chi connectivity index (χ3v) is 7.10. The van der Waals surface area contributed by atoms with Crippen LogP contribution in [0, 0.1) is 5.82 Å². The number of hydrogen-bond donors (Lipinski definition) is 1. The number of ether oxygens (including phenoxy) is 2. The molecule has 2 heterocycles. The molecular weight excluding hydrogens is 501 g/mol. The second-order valence-corrected chi connectivity index (χ2v) is 9.70. The number of methoxy groups -OCH3 is 1. The minimum Gasteiger partial charge on any atom is -0.497 e. The molecule has 5 rings (SSSR count). The van der Waals surface area contributed by atoms with E-state index in [1.807, 2.05) is 0 Å². The van der Waals surface area contributed by atoms with Crippen molar-refractivity contribution in [1.29, 1.82) is 0 Å². The van der Waals surface area contributed by atoms with Gasteiger partial charge < -0.3 is 19.7 Å². The monoisotopic (exact) mass is 531 g/mol. The molecule has 2 saturated heterocycles. The van der Waals surface area contributed by atoms with Crippen molar-refractivity contribution in [2.24, 2.45) is 0 Å². The molecule has 2 atom stereocenters. The summed E-state index contributed by atoms with van der Waals surface area (Å²) < 4.78 is 24.4. The van der Waals surface area contributed by atoms with Gasteiger partial charge in [-0.05, 0) is 78.9 Å². The number of cyclic esters (lactones) is 1. The van der Waals surface area contributed by atoms with E-state index in [0.717, 1.165) is 19.3 Å². The summed E-state index contributed by atoms with van der Waals surface area (Å²) in [5, 5.41) is 2.87. The van der Waals surface area contributed by atoms with Crippen molar-refractivity contribution in [2.75, 3.05) is 25.5 Å². The molecule has 2 aliphatic rings. The molecule has 0 bridgehead atoms. The van der Waals surface area contributed by atoms with Crippen LogP contribution in [-0.2, 0) is 16.1 Å². The Morgan fingerprint density at radius 3 is 2.41 bits per heavy atom. The highest BCUT2D eigenvalue weighted by Crippen LogP contribution is 2.36. The first-order valence-electron chi connectivity index (χ1n) is 13.0. The van der Waals surface area contributed by atoms with Gasteiger partial charge in [0.25, 0.3) is 5.91 Å². The van der Waals surface area contributed by atoms with Crippen LogP contribution in [0.4, 0.5) is 14.9 Å². The number of anilines is 1. The number of likely N-dealkylation sites (tertiary alicyclic amines) is 1. The normalized spacial score (nSPS) is 19.0. The average Bonchev–Trinajstić information content (AvgIpc) is 3.30. The van der Waals surface area contributed by atoms with Crippen LogP contribution in [0.2, 0.25) is 0 Å². The zero-order valence-electron chi connectivity index (χ0n) is 21.6. The maximum Gasteiger partial charge on any atom is 0.411 e. The summed E-state index contributed by atoms with van der Waals surface area (Å²) in [6.45, 7) is 1.35. The second-order valence-electron chi connectivity index (χ2n) is 9.70. The molecular formula is C30H30FN3O5. The van der Waals surface area contributed by atoms with E-state index >= 15 is 0 Å². The molecule has 39 heavy (non-hydrogen) atoms. The van der Waals surface area contributed by atoms with E-state index in [0.29, 0.717) is 41.2 Å². The Balaban J connectivity index is 1.41. The minimum atomic E-state index is -0.895. The maximum atomic E-state index is 13.8. The van der Waals surface area contributed by atoms with E-state index in [2.05, 4.69) is 5.32 Å². The van der Waals surface area contributed by atoms with Crippen molar-refractivity contribution in [3.8, 4) is 5.75 Å². The minimum absolute atomic E-state index is 0.105. The lowest BCUT2D eigenvalue weighted by Gasteiger charge is -2.33. The van der Waals surface area contributed by atoms with Gasteiger partial charge in [-0.3, -0.25) is 14.5 Å². The highest BCUT2D eigenvalue weighted by Gasteiger charge is 2.48. The van der Waals surface area contributed by atoms with Gasteiger partial charge in [0, 0.05) is 24.3 Å². The van der Waals surface area contributed by atoms with Gasteiger partial charge in [-0.1, -0.05) is 24.3 Å². The summed E-state index contributed by atoms with van der Waals surface area (Å²) in [5.74, 6) is -0.223. The van der Waals surface area contributed by atoms with Crippen molar-refractivity contribution < 1.29 is 28.2 Å². The highest BCUT2D eigenvalue weighted by atomic mass is 19.1. The number of nitrogens with one attached hydrogen (secondary N) is 1. The lowest BCUT2D eigenvalue weighted by atomic mass is 9.98. The number of benzene rings is 3. The van der Waals surface area contributed by atoms with Crippen LogP contribution in [0.15, 0.2) is 72.8 Å². The molecule has 3 amide bonds. The van der Waals surface area contributed by atoms with Crippen LogP contribution in [-0.4, -0.2) is 53.9 Å². The molecule has 8 nitrogen and oxygen atoms in total. The number of carbonyl (C=O) groups is 3. The molecule has 3 aromatic carbocycles. The number of nitrogens with zero attached hydrogens (tertiary/aromatic N) is 2. The predicted octanol–water partition coefficient (Wildman–Crippen LogP) is 5.16. The molecule has 0 radical (unpaired) electrons. The van der Waals surface area contributed by atoms with Crippen LogP contribution in [0.1, 0.15) is 46.9 Å². The lowest BCUT2D eigenvalue weighted by Crippen LogP contribution is -2.49. The Morgan fingerprint density at radius 2 is 1.72 bits per heavy atom. The van der Waals surface area contributed by atoms with E-state index in [4.69, 9.17) is 9.47 Å². The van der Waals surface area contributed by atoms with E-state index in [1.165, 1.54) is 17.0 Å². The van der Waals surface area contributed by atoms with Crippen molar-refractivity contribution in [3.05, 3.63) is 95.3 Å². The van der Waals surface area contributed by atoms with Crippen molar-refractivity contribution in [1.82, 2.24) is 9.80 Å². The zero-order chi connectivity index (χ0) is 27.4. The Labute approximate surface area is 226 Å². The summed E-state index contributed by atoms with van der Waals surface area (Å²) in [7, 11) is 1.56. The standard InChI is InChI=1S/C30H30FN3O5/c1-38-25-14-10-21(11-15-25)28(35)32-24-7-5-6-22(18-24)27-26(29(36)33-16-3-2-4-17-33)34(30(37)39-27)19-20-8-12-23(31)13-9-20/h5-15,18,26-27H,2-4,16-17,19H2,1H3,(H,32,35). The van der Waals surface area contributed by atoms with Crippen molar-refractivity contribution >= 4 is 23.6 Å². The van der Waals surface area contributed by atoms with E-state index < -0.39 is 18.2 Å². The first kappa shape index (κ1) is 26.2. The van der Waals surface area contributed by atoms with Crippen LogP contribution in [0.25, 0.3) is 0 Å². The van der Waals surface area contributed by atoms with Crippen LogP contribution >= 0.6 is 0 Å². The number of carbonyl (C=O) groups excluding carboxylic acids is 3. The van der Waals surface area contributed by atoms with Gasteiger partial charge in [-0.15, -0.1) is 0 Å². The van der Waals surface area contributed by atoms with Gasteiger partial charge in [0.1, 0.15) is 11.6 Å². The fourth-order valence-electron chi connectivity index (χ4n) is 5.02. The molecule has 0 aliphatic carbocycles. The Morgan fingerprint density at radius 1 is 1.00 bits per heavy atom. The number of rotatable bonds is 7. The molecule has 0 aromatic heterocycles. The fourth-order valence-corrected chi connectivity index (χ4v) is 5.02. The summed E-state index contributed by atoms with van der Waals surface area (Å²) in [6.07, 6.45) is 1.38. The Bertz CT molecular complexity index is 1340. The lowest BCUT2D eigenvalue weighted by molar-refractivity contribution is -0.137. The summed E-state index contributed by atoms with van der Waals surface area (Å²) in [4.78, 5) is 42.9. The molecule has 0 spiro atoms. The SMILES string of the molecule is COc1ccc(C(=O)Nc2cccc(C3OC(=O)N(Cc4ccc(F)cc4)C3C(=O)N3CCCCC3)c2)cc1. The third kappa shape index (κ3) is 5.87. The highest BCUT2D eigenvalue weighted by molar-refractivity contribution is 6.04. The van der Waals surface area contributed by atoms with Crippen LogP contribution < -0.4 is 10.1 Å². The van der Waals surface area contributed by atoms with Gasteiger partial charge in [0.2, 0.25) is 5.91 Å². The molecule has 2 fully saturated rings. The number of hydrogen-bond acceptors (Lipinski definition) is 5. The fraction of sp³-hybridized carbons (Fsp3) is 0.300. The molecule has 2 unspecified atom stereocenters. The van der Waals surface area contributed by atoms with Crippen molar-refractivity contribution in [3.63, 3.8) is 0 Å². The molecule has 3 aromatic rings. The van der Waals surface area contributed by atoms with Gasteiger partial charge in [-0.2, -0.15) is 0 Å². The second kappa shape index (κ2) is 11.6. The van der Waals surface area contributed by atoms with Crippen LogP contribution in [0.5, 0.6) is 5.75 Å². The van der Waals surface area contributed by atoms with Gasteiger partial charge in [0.05, 0.1) is 13.7 Å². The number of piperidine rings is 1. The van der Waals surface area contributed by atoms with Crippen molar-refractivity contribution in [2.45, 2.75) is 38.0 Å². The van der Waals surface area contributed by atoms with Gasteiger partial charge >= 0.3 is 6.09 Å². The van der Waals surface area contributed by atoms with Gasteiger partial charge in [-0.25, -0.2) is 9.18 Å². The zero-order valence-corrected chi connectivity index (χ0v) is 21.6.